The van der Waals surface area contributed by atoms with E-state index in [1.807, 2.05) is 6.92 Å². The van der Waals surface area contributed by atoms with Crippen LogP contribution in [0.2, 0.25) is 0 Å². The van der Waals surface area contributed by atoms with Crippen molar-refractivity contribution in [2.45, 2.75) is 20.5 Å². The van der Waals surface area contributed by atoms with Gasteiger partial charge in [0.25, 0.3) is 0 Å². The SMILES string of the molecule is CCOCc1nc(NN)cc(NCC(=O)OCC)n1. The number of hydrogen-bond acceptors (Lipinski definition) is 8. The molecule has 0 unspecified atom stereocenters. The predicted octanol–water partition coefficient (Wildman–Crippen LogP) is 0.274. The van der Waals surface area contributed by atoms with Gasteiger partial charge in [-0.25, -0.2) is 15.8 Å². The molecule has 0 amide bonds. The zero-order valence-electron chi connectivity index (χ0n) is 11.1. The number of rotatable bonds is 8. The van der Waals surface area contributed by atoms with Crippen LogP contribution in [0.4, 0.5) is 11.6 Å². The van der Waals surface area contributed by atoms with Crippen molar-refractivity contribution in [3.05, 3.63) is 11.9 Å². The molecule has 0 aliphatic heterocycles. The van der Waals surface area contributed by atoms with Crippen LogP contribution in [0.3, 0.4) is 0 Å². The maximum Gasteiger partial charge on any atom is 0.325 e. The van der Waals surface area contributed by atoms with E-state index in [1.54, 1.807) is 13.0 Å². The van der Waals surface area contributed by atoms with E-state index in [0.717, 1.165) is 0 Å². The van der Waals surface area contributed by atoms with E-state index in [4.69, 9.17) is 15.3 Å². The fraction of sp³-hybridized carbons (Fsp3) is 0.545. The summed E-state index contributed by atoms with van der Waals surface area (Å²) >= 11 is 0. The summed E-state index contributed by atoms with van der Waals surface area (Å²) in [5.74, 6) is 6.36. The van der Waals surface area contributed by atoms with Gasteiger partial charge in [0, 0.05) is 12.7 Å². The average molecular weight is 269 g/mol. The molecule has 0 aromatic carbocycles. The van der Waals surface area contributed by atoms with Crippen molar-refractivity contribution in [2.75, 3.05) is 30.5 Å². The monoisotopic (exact) mass is 269 g/mol. The summed E-state index contributed by atoms with van der Waals surface area (Å²) in [5, 5.41) is 2.84. The zero-order valence-corrected chi connectivity index (χ0v) is 11.1. The van der Waals surface area contributed by atoms with Gasteiger partial charge in [-0.1, -0.05) is 0 Å². The summed E-state index contributed by atoms with van der Waals surface area (Å²) < 4.78 is 10.0. The Morgan fingerprint density at radius 3 is 2.68 bits per heavy atom. The van der Waals surface area contributed by atoms with Gasteiger partial charge in [0.15, 0.2) is 5.82 Å². The maximum atomic E-state index is 11.2. The molecule has 0 aliphatic rings. The fourth-order valence-corrected chi connectivity index (χ4v) is 1.29. The fourth-order valence-electron chi connectivity index (χ4n) is 1.29. The molecule has 8 nitrogen and oxygen atoms in total. The number of nitrogens with zero attached hydrogens (tertiary/aromatic N) is 2. The molecule has 0 aliphatic carbocycles. The third kappa shape index (κ3) is 5.49. The van der Waals surface area contributed by atoms with Gasteiger partial charge in [0.05, 0.1) is 6.61 Å². The second-order valence-corrected chi connectivity index (χ2v) is 3.49. The number of carbonyl (C=O) groups excluding carboxylic acids is 1. The van der Waals surface area contributed by atoms with E-state index in [9.17, 15) is 4.79 Å². The lowest BCUT2D eigenvalue weighted by Gasteiger charge is -2.09. The number of aromatic nitrogens is 2. The summed E-state index contributed by atoms with van der Waals surface area (Å²) in [5.41, 5.74) is 2.43. The molecular formula is C11H19N5O3. The quantitative estimate of drug-likeness (QED) is 0.350. The van der Waals surface area contributed by atoms with Crippen LogP contribution in [0.1, 0.15) is 19.7 Å². The Kier molecular flexibility index (Phi) is 6.55. The Bertz CT molecular complexity index is 413. The van der Waals surface area contributed by atoms with Crippen LogP contribution in [0, 0.1) is 0 Å². The second-order valence-electron chi connectivity index (χ2n) is 3.49. The second kappa shape index (κ2) is 8.22. The van der Waals surface area contributed by atoms with E-state index < -0.39 is 0 Å². The Morgan fingerprint density at radius 1 is 1.32 bits per heavy atom. The lowest BCUT2D eigenvalue weighted by Crippen LogP contribution is -2.19. The van der Waals surface area contributed by atoms with Gasteiger partial charge in [-0.05, 0) is 13.8 Å². The molecule has 1 aromatic heterocycles. The van der Waals surface area contributed by atoms with Crippen LogP contribution in [0.25, 0.3) is 0 Å². The smallest absolute Gasteiger partial charge is 0.325 e. The van der Waals surface area contributed by atoms with E-state index in [-0.39, 0.29) is 19.1 Å². The zero-order chi connectivity index (χ0) is 14.1. The van der Waals surface area contributed by atoms with Gasteiger partial charge in [-0.2, -0.15) is 0 Å². The molecule has 1 aromatic rings. The first-order valence-corrected chi connectivity index (χ1v) is 6.01. The third-order valence-corrected chi connectivity index (χ3v) is 2.07. The number of esters is 1. The van der Waals surface area contributed by atoms with E-state index in [2.05, 4.69) is 20.7 Å². The Hall–Kier alpha value is -1.93. The number of hydrogen-bond donors (Lipinski definition) is 3. The molecule has 1 heterocycles. The topological polar surface area (TPSA) is 111 Å². The summed E-state index contributed by atoms with van der Waals surface area (Å²) in [4.78, 5) is 19.6. The van der Waals surface area contributed by atoms with Gasteiger partial charge in [0.1, 0.15) is 24.8 Å². The number of carbonyl (C=O) groups is 1. The highest BCUT2D eigenvalue weighted by Crippen LogP contribution is 2.10. The Morgan fingerprint density at radius 2 is 2.05 bits per heavy atom. The molecule has 4 N–H and O–H groups in total. The molecule has 0 spiro atoms. The highest BCUT2D eigenvalue weighted by molar-refractivity contribution is 5.74. The molecule has 0 radical (unpaired) electrons. The molecule has 0 atom stereocenters. The van der Waals surface area contributed by atoms with E-state index in [0.29, 0.717) is 30.7 Å². The average Bonchev–Trinajstić information content (AvgIpc) is 2.43. The summed E-state index contributed by atoms with van der Waals surface area (Å²) in [6.45, 7) is 4.85. The van der Waals surface area contributed by atoms with Crippen molar-refractivity contribution in [1.82, 2.24) is 9.97 Å². The van der Waals surface area contributed by atoms with Crippen molar-refractivity contribution < 1.29 is 14.3 Å². The van der Waals surface area contributed by atoms with Gasteiger partial charge < -0.3 is 20.2 Å². The molecular weight excluding hydrogens is 250 g/mol. The maximum absolute atomic E-state index is 11.2. The van der Waals surface area contributed by atoms with Crippen LogP contribution < -0.4 is 16.6 Å². The van der Waals surface area contributed by atoms with Crippen LogP contribution in [-0.2, 0) is 20.9 Å². The molecule has 1 rings (SSSR count). The van der Waals surface area contributed by atoms with Crippen LogP contribution in [-0.4, -0.2) is 35.7 Å². The van der Waals surface area contributed by atoms with Crippen molar-refractivity contribution in [3.63, 3.8) is 0 Å². The summed E-state index contributed by atoms with van der Waals surface area (Å²) in [6, 6.07) is 1.59. The third-order valence-electron chi connectivity index (χ3n) is 2.07. The molecule has 0 fully saturated rings. The number of anilines is 2. The number of ether oxygens (including phenoxy) is 2. The van der Waals surface area contributed by atoms with Gasteiger partial charge in [0.2, 0.25) is 0 Å². The molecule has 19 heavy (non-hydrogen) atoms. The number of hydrazine groups is 1. The summed E-state index contributed by atoms with van der Waals surface area (Å²) in [6.07, 6.45) is 0. The highest BCUT2D eigenvalue weighted by atomic mass is 16.5. The summed E-state index contributed by atoms with van der Waals surface area (Å²) in [7, 11) is 0. The first kappa shape index (κ1) is 15.1. The van der Waals surface area contributed by atoms with Gasteiger partial charge >= 0.3 is 5.97 Å². The van der Waals surface area contributed by atoms with E-state index in [1.165, 1.54) is 0 Å². The lowest BCUT2D eigenvalue weighted by atomic mass is 10.4. The standard InChI is InChI=1S/C11H19N5O3/c1-3-18-7-10-14-8(5-9(15-10)16-12)13-6-11(17)19-4-2/h5H,3-4,6-7,12H2,1-2H3,(H2,13,14,15,16). The largest absolute Gasteiger partial charge is 0.465 e. The van der Waals surface area contributed by atoms with Crippen molar-refractivity contribution in [1.29, 1.82) is 0 Å². The first-order valence-electron chi connectivity index (χ1n) is 6.01. The molecule has 0 saturated heterocycles. The highest BCUT2D eigenvalue weighted by Gasteiger charge is 2.06. The normalized spacial score (nSPS) is 10.1. The number of nitrogen functional groups attached to an aromatic ring is 1. The van der Waals surface area contributed by atoms with E-state index >= 15 is 0 Å². The number of nitrogens with one attached hydrogen (secondary N) is 2. The first-order chi connectivity index (χ1) is 9.19. The lowest BCUT2D eigenvalue weighted by molar-refractivity contribution is -0.140. The van der Waals surface area contributed by atoms with Crippen molar-refractivity contribution in [2.24, 2.45) is 5.84 Å². The minimum absolute atomic E-state index is 0.0307. The van der Waals surface area contributed by atoms with Crippen LogP contribution in [0.15, 0.2) is 6.07 Å². The number of nitrogens with two attached hydrogens (primary N) is 1. The van der Waals surface area contributed by atoms with Crippen LogP contribution >= 0.6 is 0 Å². The van der Waals surface area contributed by atoms with Crippen LogP contribution in [0.5, 0.6) is 0 Å². The van der Waals surface area contributed by atoms with Crippen molar-refractivity contribution in [3.8, 4) is 0 Å². The van der Waals surface area contributed by atoms with Crippen molar-refractivity contribution >= 4 is 17.6 Å². The van der Waals surface area contributed by atoms with Gasteiger partial charge in [-0.3, -0.25) is 4.79 Å². The Balaban J connectivity index is 2.67. The minimum Gasteiger partial charge on any atom is -0.465 e. The molecule has 8 heteroatoms. The predicted molar refractivity (Wildman–Crippen MR) is 70.3 cm³/mol. The molecule has 0 saturated carbocycles. The minimum atomic E-state index is -0.352. The molecule has 0 bridgehead atoms. The van der Waals surface area contributed by atoms with Gasteiger partial charge in [-0.15, -0.1) is 0 Å². The molecule has 106 valence electrons. The Labute approximate surface area is 111 Å².